The highest BCUT2D eigenvalue weighted by molar-refractivity contribution is 5.91. The number of hydrogen-bond acceptors (Lipinski definition) is 8. The van der Waals surface area contributed by atoms with Gasteiger partial charge in [-0.05, 0) is 19.8 Å². The number of ether oxygens (including phenoxy) is 2. The summed E-state index contributed by atoms with van der Waals surface area (Å²) >= 11 is 0. The average molecular weight is 539 g/mol. The lowest BCUT2D eigenvalue weighted by atomic mass is 9.85. The van der Waals surface area contributed by atoms with Gasteiger partial charge in [0.25, 0.3) is 5.91 Å². The van der Waals surface area contributed by atoms with E-state index in [1.165, 1.54) is 24.3 Å². The van der Waals surface area contributed by atoms with Crippen molar-refractivity contribution in [3.8, 4) is 0 Å². The number of rotatable bonds is 11. The molecule has 2 saturated heterocycles. The number of carbonyl (C=O) groups excluding carboxylic acids is 4. The fraction of sp³-hybridized carbons (Fsp3) is 0.692. The Morgan fingerprint density at radius 3 is 2.53 bits per heavy atom. The second-order valence-electron chi connectivity index (χ2n) is 10.2. The molecule has 8 atom stereocenters. The molecule has 2 aliphatic rings. The summed E-state index contributed by atoms with van der Waals surface area (Å²) in [5, 5.41) is 26.4. The third-order valence-corrected chi connectivity index (χ3v) is 7.56. The van der Waals surface area contributed by atoms with Gasteiger partial charge in [0.15, 0.2) is 6.10 Å². The molecule has 38 heavy (non-hydrogen) atoms. The highest BCUT2D eigenvalue weighted by atomic mass is 16.7. The van der Waals surface area contributed by atoms with Crippen LogP contribution in [0, 0.1) is 17.8 Å². The van der Waals surface area contributed by atoms with Crippen LogP contribution in [-0.2, 0) is 28.7 Å². The van der Waals surface area contributed by atoms with Crippen molar-refractivity contribution in [1.29, 1.82) is 0 Å². The van der Waals surface area contributed by atoms with Gasteiger partial charge in [-0.2, -0.15) is 0 Å². The summed E-state index contributed by atoms with van der Waals surface area (Å²) in [5.74, 6) is -5.23. The Hall–Kier alpha value is -2.80. The van der Waals surface area contributed by atoms with Crippen LogP contribution in [0.2, 0.25) is 0 Å². The molecule has 0 aromatic carbocycles. The maximum Gasteiger partial charge on any atom is 0.258 e. The van der Waals surface area contributed by atoms with Crippen LogP contribution in [0.25, 0.3) is 0 Å². The molecule has 4 amide bonds. The third-order valence-electron chi connectivity index (χ3n) is 7.56. The number of hydrogen-bond donors (Lipinski definition) is 5. The first-order chi connectivity index (χ1) is 17.8. The average Bonchev–Trinajstić information content (AvgIpc) is 3.38. The summed E-state index contributed by atoms with van der Waals surface area (Å²) in [6.07, 6.45) is 0.939. The molecule has 0 aromatic rings. The van der Waals surface area contributed by atoms with Crippen molar-refractivity contribution in [2.24, 2.45) is 23.5 Å². The van der Waals surface area contributed by atoms with E-state index in [1.807, 2.05) is 13.8 Å². The smallest absolute Gasteiger partial charge is 0.258 e. The number of methoxy groups -OCH3 is 1. The summed E-state index contributed by atoms with van der Waals surface area (Å²) in [7, 11) is 1.35. The SMILES string of the molecule is C=C1C[C@](OC)([C@H](O)C(=O)N/C=C/[C@H](C)[C@@H](O)[C@H](C)C(=O)N2CCC[C@H]2C(=O)NCC(N)=O)O[C@H](C)[C@@H]1C. The number of aliphatic hydroxyl groups is 2. The van der Waals surface area contributed by atoms with Crippen molar-refractivity contribution in [3.63, 3.8) is 0 Å². The molecule has 2 fully saturated rings. The number of primary amides is 1. The second-order valence-corrected chi connectivity index (χ2v) is 10.2. The van der Waals surface area contributed by atoms with Crippen LogP contribution in [0.15, 0.2) is 24.4 Å². The fourth-order valence-corrected chi connectivity index (χ4v) is 4.79. The molecule has 0 aliphatic carbocycles. The van der Waals surface area contributed by atoms with Crippen molar-refractivity contribution in [3.05, 3.63) is 24.4 Å². The lowest BCUT2D eigenvalue weighted by molar-refractivity contribution is -0.297. The summed E-state index contributed by atoms with van der Waals surface area (Å²) in [4.78, 5) is 50.5. The number of nitrogens with zero attached hydrogens (tertiary/aromatic N) is 1. The van der Waals surface area contributed by atoms with E-state index in [0.29, 0.717) is 19.4 Å². The Balaban J connectivity index is 1.96. The quantitative estimate of drug-likeness (QED) is 0.219. The Morgan fingerprint density at radius 2 is 1.95 bits per heavy atom. The predicted molar refractivity (Wildman–Crippen MR) is 138 cm³/mol. The maximum atomic E-state index is 13.1. The van der Waals surface area contributed by atoms with Gasteiger partial charge < -0.3 is 41.0 Å². The fourth-order valence-electron chi connectivity index (χ4n) is 4.79. The normalized spacial score (nSPS) is 29.0. The molecule has 2 rings (SSSR count). The van der Waals surface area contributed by atoms with Crippen LogP contribution in [0.4, 0.5) is 0 Å². The molecule has 12 nitrogen and oxygen atoms in total. The van der Waals surface area contributed by atoms with Crippen molar-refractivity contribution in [2.75, 3.05) is 20.2 Å². The molecule has 6 N–H and O–H groups in total. The molecule has 0 bridgehead atoms. The summed E-state index contributed by atoms with van der Waals surface area (Å²) in [6.45, 7) is 11.0. The van der Waals surface area contributed by atoms with Crippen LogP contribution in [0.1, 0.15) is 47.0 Å². The van der Waals surface area contributed by atoms with Gasteiger partial charge in [0.05, 0.1) is 24.7 Å². The van der Waals surface area contributed by atoms with Crippen molar-refractivity contribution < 1.29 is 38.9 Å². The maximum absolute atomic E-state index is 13.1. The molecule has 0 unspecified atom stereocenters. The number of carbonyl (C=O) groups is 4. The Bertz CT molecular complexity index is 940. The molecule has 0 aromatic heterocycles. The van der Waals surface area contributed by atoms with Gasteiger partial charge in [-0.25, -0.2) is 0 Å². The molecular formula is C26H42N4O8. The topological polar surface area (TPSA) is 181 Å². The van der Waals surface area contributed by atoms with Crippen LogP contribution < -0.4 is 16.4 Å². The molecule has 0 radical (unpaired) electrons. The van der Waals surface area contributed by atoms with Crippen LogP contribution in [0.3, 0.4) is 0 Å². The highest BCUT2D eigenvalue weighted by Gasteiger charge is 2.49. The van der Waals surface area contributed by atoms with Gasteiger partial charge in [0.1, 0.15) is 6.04 Å². The summed E-state index contributed by atoms with van der Waals surface area (Å²) in [6, 6.07) is -0.736. The van der Waals surface area contributed by atoms with E-state index >= 15 is 0 Å². The van der Waals surface area contributed by atoms with E-state index in [1.54, 1.807) is 13.8 Å². The van der Waals surface area contributed by atoms with E-state index in [0.717, 1.165) is 5.57 Å². The monoisotopic (exact) mass is 538 g/mol. The lowest BCUT2D eigenvalue weighted by Crippen LogP contribution is -2.58. The molecule has 12 heteroatoms. The van der Waals surface area contributed by atoms with Crippen LogP contribution in [-0.4, -0.2) is 89.1 Å². The molecule has 214 valence electrons. The molecular weight excluding hydrogens is 496 g/mol. The number of nitrogens with two attached hydrogens (primary N) is 1. The van der Waals surface area contributed by atoms with E-state index < -0.39 is 59.5 Å². The van der Waals surface area contributed by atoms with E-state index in [4.69, 9.17) is 15.2 Å². The summed E-state index contributed by atoms with van der Waals surface area (Å²) in [5.41, 5.74) is 5.87. The second kappa shape index (κ2) is 13.3. The zero-order valence-corrected chi connectivity index (χ0v) is 22.8. The van der Waals surface area contributed by atoms with E-state index in [-0.39, 0.29) is 25.0 Å². The Labute approximate surface area is 223 Å². The van der Waals surface area contributed by atoms with Gasteiger partial charge in [-0.1, -0.05) is 39.0 Å². The zero-order valence-electron chi connectivity index (χ0n) is 22.8. The Morgan fingerprint density at radius 1 is 1.29 bits per heavy atom. The van der Waals surface area contributed by atoms with Gasteiger partial charge in [-0.3, -0.25) is 19.2 Å². The first kappa shape index (κ1) is 31.4. The third kappa shape index (κ3) is 7.19. The molecule has 2 heterocycles. The van der Waals surface area contributed by atoms with Crippen molar-refractivity contribution >= 4 is 23.6 Å². The minimum Gasteiger partial charge on any atom is -0.392 e. The lowest BCUT2D eigenvalue weighted by Gasteiger charge is -2.44. The minimum atomic E-state index is -1.64. The minimum absolute atomic E-state index is 0.0424. The van der Waals surface area contributed by atoms with Gasteiger partial charge >= 0.3 is 0 Å². The van der Waals surface area contributed by atoms with Crippen molar-refractivity contribution in [2.45, 2.75) is 77.1 Å². The molecule has 2 aliphatic heterocycles. The van der Waals surface area contributed by atoms with E-state index in [9.17, 15) is 29.4 Å². The van der Waals surface area contributed by atoms with Gasteiger partial charge in [0, 0.05) is 38.1 Å². The standard InChI is InChI=1S/C26H42N4O8/c1-14(9-10-28-24(35)22(33)26(37-6)12-15(2)16(3)18(5)38-26)21(32)17(4)25(36)30-11-7-8-19(30)23(34)29-13-20(27)31/h9-10,14,16-19,21-22,32-33H,2,7-8,11-13H2,1,3-6H3,(H2,27,31)(H,28,35)(H,29,34)/b10-9+/t14-,16+,17-,18+,19-,21+,22+,26+/m0/s1. The highest BCUT2D eigenvalue weighted by Crippen LogP contribution is 2.38. The largest absolute Gasteiger partial charge is 0.392 e. The predicted octanol–water partition coefficient (Wildman–Crippen LogP) is -0.453. The Kier molecular flexibility index (Phi) is 11.0. The number of aliphatic hydroxyl groups excluding tert-OH is 2. The number of nitrogens with one attached hydrogen (secondary N) is 2. The first-order valence-corrected chi connectivity index (χ1v) is 12.9. The van der Waals surface area contributed by atoms with Crippen LogP contribution in [0.5, 0.6) is 0 Å². The first-order valence-electron chi connectivity index (χ1n) is 12.9. The number of likely N-dealkylation sites (tertiary alicyclic amines) is 1. The molecule has 0 saturated carbocycles. The van der Waals surface area contributed by atoms with Crippen molar-refractivity contribution in [1.82, 2.24) is 15.5 Å². The number of amides is 4. The van der Waals surface area contributed by atoms with Crippen LogP contribution >= 0.6 is 0 Å². The van der Waals surface area contributed by atoms with E-state index in [2.05, 4.69) is 17.2 Å². The van der Waals surface area contributed by atoms with Gasteiger partial charge in [-0.15, -0.1) is 0 Å². The zero-order chi connectivity index (χ0) is 28.8. The van der Waals surface area contributed by atoms with Gasteiger partial charge in [0.2, 0.25) is 23.5 Å². The summed E-state index contributed by atoms with van der Waals surface area (Å²) < 4.78 is 11.3. The molecule has 0 spiro atoms.